The van der Waals surface area contributed by atoms with E-state index < -0.39 is 0 Å². The Morgan fingerprint density at radius 2 is 1.03 bits per heavy atom. The van der Waals surface area contributed by atoms with Gasteiger partial charge in [-0.15, -0.1) is 0 Å². The Kier molecular flexibility index (Phi) is 4.82. The number of rotatable bonds is 4. The van der Waals surface area contributed by atoms with Gasteiger partial charge in [-0.3, -0.25) is 0 Å². The second-order valence-electron chi connectivity index (χ2n) is 9.12. The van der Waals surface area contributed by atoms with Gasteiger partial charge in [0, 0.05) is 27.5 Å². The predicted molar refractivity (Wildman–Crippen MR) is 152 cm³/mol. The molecule has 2 heteroatoms. The molecule has 0 aliphatic rings. The lowest BCUT2D eigenvalue weighted by atomic mass is 10.0. The summed E-state index contributed by atoms with van der Waals surface area (Å²) in [6.07, 6.45) is 0. The molecule has 0 fully saturated rings. The molecule has 6 aromatic carbocycles. The Morgan fingerprint density at radius 3 is 1.78 bits per heavy atom. The second kappa shape index (κ2) is 8.44. The lowest BCUT2D eigenvalue weighted by Gasteiger charge is -2.09. The van der Waals surface area contributed by atoms with Crippen LogP contribution in [0.5, 0.6) is 0 Å². The van der Waals surface area contributed by atoms with E-state index in [0.29, 0.717) is 0 Å². The molecule has 1 N–H and O–H groups in total. The van der Waals surface area contributed by atoms with Crippen molar-refractivity contribution < 1.29 is 4.42 Å². The first kappa shape index (κ1) is 20.5. The van der Waals surface area contributed by atoms with E-state index in [1.807, 2.05) is 6.07 Å². The number of hydrogen-bond donors (Lipinski definition) is 1. The zero-order valence-corrected chi connectivity index (χ0v) is 19.6. The summed E-state index contributed by atoms with van der Waals surface area (Å²) in [6.45, 7) is 0. The summed E-state index contributed by atoms with van der Waals surface area (Å²) in [7, 11) is 0. The van der Waals surface area contributed by atoms with Crippen molar-refractivity contribution in [2.24, 2.45) is 0 Å². The number of anilines is 2. The van der Waals surface area contributed by atoms with Crippen LogP contribution in [0.25, 0.3) is 55.0 Å². The molecule has 0 saturated carbocycles. The summed E-state index contributed by atoms with van der Waals surface area (Å²) in [6, 6.07) is 46.8. The highest BCUT2D eigenvalue weighted by molar-refractivity contribution is 6.15. The molecule has 36 heavy (non-hydrogen) atoms. The van der Waals surface area contributed by atoms with Crippen LogP contribution < -0.4 is 5.32 Å². The largest absolute Gasteiger partial charge is 0.455 e. The van der Waals surface area contributed by atoms with Gasteiger partial charge in [-0.2, -0.15) is 0 Å². The van der Waals surface area contributed by atoms with E-state index in [1.165, 1.54) is 27.6 Å². The smallest absolute Gasteiger partial charge is 0.143 e. The minimum Gasteiger partial charge on any atom is -0.455 e. The van der Waals surface area contributed by atoms with Crippen LogP contribution in [-0.4, -0.2) is 0 Å². The molecule has 0 aliphatic carbocycles. The summed E-state index contributed by atoms with van der Waals surface area (Å²) in [4.78, 5) is 0. The Morgan fingerprint density at radius 1 is 0.417 bits per heavy atom. The Labute approximate surface area is 209 Å². The van der Waals surface area contributed by atoms with Gasteiger partial charge in [0.25, 0.3) is 0 Å². The van der Waals surface area contributed by atoms with E-state index in [-0.39, 0.29) is 0 Å². The molecule has 2 nitrogen and oxygen atoms in total. The van der Waals surface area contributed by atoms with Gasteiger partial charge < -0.3 is 9.73 Å². The lowest BCUT2D eigenvalue weighted by molar-refractivity contribution is 0.672. The molecule has 1 aromatic heterocycles. The van der Waals surface area contributed by atoms with Crippen LogP contribution in [0.1, 0.15) is 0 Å². The van der Waals surface area contributed by atoms with Gasteiger partial charge in [-0.1, -0.05) is 91.0 Å². The van der Waals surface area contributed by atoms with Crippen LogP contribution in [-0.2, 0) is 0 Å². The van der Waals surface area contributed by atoms with E-state index >= 15 is 0 Å². The summed E-state index contributed by atoms with van der Waals surface area (Å²) < 4.78 is 6.27. The van der Waals surface area contributed by atoms with Crippen LogP contribution in [0.15, 0.2) is 138 Å². The summed E-state index contributed by atoms with van der Waals surface area (Å²) >= 11 is 0. The van der Waals surface area contributed by atoms with Crippen LogP contribution in [0.2, 0.25) is 0 Å². The van der Waals surface area contributed by atoms with Crippen LogP contribution >= 0.6 is 0 Å². The number of furan rings is 1. The molecule has 0 saturated heterocycles. The maximum Gasteiger partial charge on any atom is 0.143 e. The zero-order valence-electron chi connectivity index (χ0n) is 19.6. The van der Waals surface area contributed by atoms with E-state index in [1.54, 1.807) is 0 Å². The molecule has 0 unspecified atom stereocenters. The first-order chi connectivity index (χ1) is 17.8. The van der Waals surface area contributed by atoms with Gasteiger partial charge in [0.05, 0.1) is 0 Å². The van der Waals surface area contributed by atoms with Crippen molar-refractivity contribution in [3.63, 3.8) is 0 Å². The number of nitrogens with one attached hydrogen (secondary N) is 1. The Bertz CT molecular complexity index is 1830. The van der Waals surface area contributed by atoms with Crippen molar-refractivity contribution in [1.82, 2.24) is 0 Å². The fourth-order valence-electron chi connectivity index (χ4n) is 4.97. The highest BCUT2D eigenvalue weighted by Crippen LogP contribution is 2.36. The molecule has 7 rings (SSSR count). The third kappa shape index (κ3) is 3.60. The van der Waals surface area contributed by atoms with Crippen molar-refractivity contribution in [3.05, 3.63) is 133 Å². The maximum absolute atomic E-state index is 6.27. The quantitative estimate of drug-likeness (QED) is 0.282. The normalized spacial score (nSPS) is 11.3. The van der Waals surface area contributed by atoms with Gasteiger partial charge >= 0.3 is 0 Å². The topological polar surface area (TPSA) is 25.2 Å². The van der Waals surface area contributed by atoms with Gasteiger partial charge in [0.2, 0.25) is 0 Å². The molecule has 170 valence electrons. The first-order valence-electron chi connectivity index (χ1n) is 12.2. The molecule has 0 amide bonds. The highest BCUT2D eigenvalue weighted by atomic mass is 16.3. The summed E-state index contributed by atoms with van der Waals surface area (Å²) in [5.41, 5.74) is 8.80. The van der Waals surface area contributed by atoms with E-state index in [4.69, 9.17) is 4.42 Å². The summed E-state index contributed by atoms with van der Waals surface area (Å²) in [5, 5.41) is 8.16. The summed E-state index contributed by atoms with van der Waals surface area (Å²) in [5.74, 6) is 0. The molecular weight excluding hydrogens is 438 g/mol. The van der Waals surface area contributed by atoms with Crippen molar-refractivity contribution in [3.8, 4) is 22.3 Å². The molecular formula is C34H23NO. The first-order valence-corrected chi connectivity index (χ1v) is 12.2. The molecule has 0 spiro atoms. The van der Waals surface area contributed by atoms with Crippen molar-refractivity contribution >= 4 is 44.1 Å². The second-order valence-corrected chi connectivity index (χ2v) is 9.12. The fraction of sp³-hybridized carbons (Fsp3) is 0. The van der Waals surface area contributed by atoms with Crippen molar-refractivity contribution in [2.75, 3.05) is 5.32 Å². The predicted octanol–water partition coefficient (Wildman–Crippen LogP) is 9.82. The lowest BCUT2D eigenvalue weighted by Crippen LogP contribution is -1.90. The number of fused-ring (bicyclic) bond motifs is 5. The molecule has 7 aromatic rings. The molecule has 0 atom stereocenters. The third-order valence-electron chi connectivity index (χ3n) is 6.86. The molecule has 0 aliphatic heterocycles. The molecule has 0 radical (unpaired) electrons. The standard InChI is InChI=1S/C34H23NO/c1-2-6-23(7-3-1)24-10-16-28(17-11-24)35-29-18-12-25(13-19-29)27-15-21-33-32(22-27)31-20-14-26-8-4-5-9-30(26)34(31)36-33/h1-22,35H. The van der Waals surface area contributed by atoms with Gasteiger partial charge in [-0.05, 0) is 70.1 Å². The zero-order chi connectivity index (χ0) is 23.9. The van der Waals surface area contributed by atoms with Crippen molar-refractivity contribution in [1.29, 1.82) is 0 Å². The Balaban J connectivity index is 1.16. The van der Waals surface area contributed by atoms with Gasteiger partial charge in [-0.25, -0.2) is 0 Å². The Hall–Kier alpha value is -4.82. The number of hydrogen-bond acceptors (Lipinski definition) is 2. The third-order valence-corrected chi connectivity index (χ3v) is 6.86. The minimum absolute atomic E-state index is 0.919. The average molecular weight is 462 g/mol. The fourth-order valence-corrected chi connectivity index (χ4v) is 4.97. The van der Waals surface area contributed by atoms with E-state index in [2.05, 4.69) is 133 Å². The van der Waals surface area contributed by atoms with Crippen LogP contribution in [0, 0.1) is 0 Å². The van der Waals surface area contributed by atoms with Gasteiger partial charge in [0.15, 0.2) is 0 Å². The van der Waals surface area contributed by atoms with Gasteiger partial charge in [0.1, 0.15) is 11.2 Å². The molecule has 1 heterocycles. The maximum atomic E-state index is 6.27. The minimum atomic E-state index is 0.919. The molecule has 0 bridgehead atoms. The number of benzene rings is 6. The average Bonchev–Trinajstić information content (AvgIpc) is 3.33. The highest BCUT2D eigenvalue weighted by Gasteiger charge is 2.11. The van der Waals surface area contributed by atoms with Crippen molar-refractivity contribution in [2.45, 2.75) is 0 Å². The van der Waals surface area contributed by atoms with Crippen LogP contribution in [0.3, 0.4) is 0 Å². The van der Waals surface area contributed by atoms with Crippen LogP contribution in [0.4, 0.5) is 11.4 Å². The van der Waals surface area contributed by atoms with E-state index in [0.717, 1.165) is 38.7 Å². The van der Waals surface area contributed by atoms with E-state index in [9.17, 15) is 0 Å². The monoisotopic (exact) mass is 461 g/mol. The SMILES string of the molecule is c1ccc(-c2ccc(Nc3ccc(-c4ccc5oc6c7ccccc7ccc6c5c4)cc3)cc2)cc1.